The Bertz CT molecular complexity index is 501. The lowest BCUT2D eigenvalue weighted by molar-refractivity contribution is -0.144. The maximum atomic E-state index is 12.2. The van der Waals surface area contributed by atoms with E-state index in [1.165, 1.54) is 6.92 Å². The van der Waals surface area contributed by atoms with E-state index in [1.807, 2.05) is 6.92 Å². The first-order valence-electron chi connectivity index (χ1n) is 6.12. The van der Waals surface area contributed by atoms with Crippen LogP contribution in [0, 0.1) is 6.92 Å². The van der Waals surface area contributed by atoms with E-state index < -0.39 is 17.4 Å². The normalized spacial score (nSPS) is 13.7. The Hall–Kier alpha value is -1.55. The number of hydrogen-bond donors (Lipinski definition) is 2. The van der Waals surface area contributed by atoms with Gasteiger partial charge in [0.15, 0.2) is 0 Å². The zero-order chi connectivity index (χ0) is 14.6. The first-order chi connectivity index (χ1) is 8.80. The minimum atomic E-state index is -1.25. The van der Waals surface area contributed by atoms with Gasteiger partial charge in [-0.1, -0.05) is 24.9 Å². The smallest absolute Gasteiger partial charge is 0.329 e. The monoisotopic (exact) mass is 283 g/mol. The molecule has 1 amide bonds. The summed E-state index contributed by atoms with van der Waals surface area (Å²) in [7, 11) is 0. The number of halogens is 1. The molecule has 0 heterocycles. The third-order valence-corrected chi connectivity index (χ3v) is 3.28. The molecule has 0 fully saturated rings. The third kappa shape index (κ3) is 3.70. The molecule has 1 unspecified atom stereocenters. The van der Waals surface area contributed by atoms with Crippen molar-refractivity contribution < 1.29 is 14.7 Å². The van der Waals surface area contributed by atoms with Crippen molar-refractivity contribution in [2.45, 2.75) is 39.2 Å². The van der Waals surface area contributed by atoms with Gasteiger partial charge in [0.05, 0.1) is 0 Å². The van der Waals surface area contributed by atoms with Crippen LogP contribution >= 0.6 is 11.6 Å². The van der Waals surface area contributed by atoms with E-state index in [-0.39, 0.29) is 0 Å². The number of carboxylic acid groups (broad SMARTS) is 1. The van der Waals surface area contributed by atoms with Crippen LogP contribution in [0.15, 0.2) is 18.2 Å². The number of carbonyl (C=O) groups excluding carboxylic acids is 1. The number of benzene rings is 1. The first kappa shape index (κ1) is 15.5. The molecule has 104 valence electrons. The molecule has 1 atom stereocenters. The SMILES string of the molecule is CCCC(C)(NC(=O)c1ccc(Cl)cc1C)C(=O)O. The lowest BCUT2D eigenvalue weighted by Crippen LogP contribution is -2.52. The molecule has 0 aliphatic carbocycles. The number of aliphatic carboxylic acids is 1. The van der Waals surface area contributed by atoms with Gasteiger partial charge in [-0.3, -0.25) is 4.79 Å². The molecule has 0 aliphatic rings. The van der Waals surface area contributed by atoms with Gasteiger partial charge < -0.3 is 10.4 Å². The molecule has 0 saturated heterocycles. The Labute approximate surface area is 117 Å². The van der Waals surface area contributed by atoms with Crippen LogP contribution in [-0.4, -0.2) is 22.5 Å². The van der Waals surface area contributed by atoms with Crippen LogP contribution in [0.2, 0.25) is 5.02 Å². The van der Waals surface area contributed by atoms with Crippen LogP contribution in [0.3, 0.4) is 0 Å². The van der Waals surface area contributed by atoms with Gasteiger partial charge in [-0.05, 0) is 44.0 Å². The second-order valence-electron chi connectivity index (χ2n) is 4.80. The van der Waals surface area contributed by atoms with Gasteiger partial charge in [0, 0.05) is 10.6 Å². The highest BCUT2D eigenvalue weighted by Gasteiger charge is 2.34. The zero-order valence-electron chi connectivity index (χ0n) is 11.3. The van der Waals surface area contributed by atoms with Gasteiger partial charge >= 0.3 is 5.97 Å². The largest absolute Gasteiger partial charge is 0.480 e. The first-order valence-corrected chi connectivity index (χ1v) is 6.50. The molecule has 0 spiro atoms. The fourth-order valence-electron chi connectivity index (χ4n) is 1.92. The highest BCUT2D eigenvalue weighted by molar-refractivity contribution is 6.30. The number of carbonyl (C=O) groups is 2. The maximum Gasteiger partial charge on any atom is 0.329 e. The van der Waals surface area contributed by atoms with E-state index in [4.69, 9.17) is 11.6 Å². The number of aryl methyl sites for hydroxylation is 1. The summed E-state index contributed by atoms with van der Waals surface area (Å²) in [6.45, 7) is 5.15. The lowest BCUT2D eigenvalue weighted by Gasteiger charge is -2.26. The van der Waals surface area contributed by atoms with E-state index in [0.29, 0.717) is 29.0 Å². The van der Waals surface area contributed by atoms with Gasteiger partial charge in [0.2, 0.25) is 0 Å². The summed E-state index contributed by atoms with van der Waals surface area (Å²) in [4.78, 5) is 23.4. The molecule has 5 heteroatoms. The highest BCUT2D eigenvalue weighted by atomic mass is 35.5. The van der Waals surface area contributed by atoms with Gasteiger partial charge in [-0.25, -0.2) is 4.79 Å². The minimum absolute atomic E-state index is 0.376. The molecular weight excluding hydrogens is 266 g/mol. The molecule has 1 aromatic carbocycles. The number of amides is 1. The molecule has 0 saturated carbocycles. The van der Waals surface area contributed by atoms with Crippen molar-refractivity contribution in [2.24, 2.45) is 0 Å². The minimum Gasteiger partial charge on any atom is -0.480 e. The van der Waals surface area contributed by atoms with Crippen LogP contribution in [0.25, 0.3) is 0 Å². The molecule has 19 heavy (non-hydrogen) atoms. The molecule has 2 N–H and O–H groups in total. The predicted molar refractivity (Wildman–Crippen MR) is 74.6 cm³/mol. The average Bonchev–Trinajstić information content (AvgIpc) is 2.28. The van der Waals surface area contributed by atoms with Crippen LogP contribution in [0.4, 0.5) is 0 Å². The van der Waals surface area contributed by atoms with E-state index in [9.17, 15) is 14.7 Å². The van der Waals surface area contributed by atoms with E-state index in [0.717, 1.165) is 0 Å². The second kappa shape index (κ2) is 6.06. The molecule has 1 rings (SSSR count). The predicted octanol–water partition coefficient (Wildman–Crippen LogP) is 3.02. The fraction of sp³-hybridized carbons (Fsp3) is 0.429. The van der Waals surface area contributed by atoms with Crippen LogP contribution in [-0.2, 0) is 4.79 Å². The number of carboxylic acids is 1. The van der Waals surface area contributed by atoms with Gasteiger partial charge in [-0.15, -0.1) is 0 Å². The molecule has 0 bridgehead atoms. The Kier molecular flexibility index (Phi) is 4.95. The summed E-state index contributed by atoms with van der Waals surface area (Å²) >= 11 is 5.83. The van der Waals surface area contributed by atoms with Gasteiger partial charge in [0.1, 0.15) is 5.54 Å². The number of hydrogen-bond acceptors (Lipinski definition) is 2. The molecule has 0 aromatic heterocycles. The highest BCUT2D eigenvalue weighted by Crippen LogP contribution is 2.18. The summed E-state index contributed by atoms with van der Waals surface area (Å²) < 4.78 is 0. The Morgan fingerprint density at radius 1 is 1.42 bits per heavy atom. The van der Waals surface area contributed by atoms with Crippen molar-refractivity contribution in [3.63, 3.8) is 0 Å². The van der Waals surface area contributed by atoms with Crippen LogP contribution in [0.5, 0.6) is 0 Å². The molecule has 0 radical (unpaired) electrons. The van der Waals surface area contributed by atoms with Crippen molar-refractivity contribution in [3.8, 4) is 0 Å². The average molecular weight is 284 g/mol. The Morgan fingerprint density at radius 2 is 2.05 bits per heavy atom. The molecule has 4 nitrogen and oxygen atoms in total. The summed E-state index contributed by atoms with van der Waals surface area (Å²) in [5, 5.41) is 12.4. The van der Waals surface area contributed by atoms with E-state index in [2.05, 4.69) is 5.32 Å². The second-order valence-corrected chi connectivity index (χ2v) is 5.24. The third-order valence-electron chi connectivity index (χ3n) is 3.04. The summed E-state index contributed by atoms with van der Waals surface area (Å²) in [6.07, 6.45) is 1.05. The van der Waals surface area contributed by atoms with Crippen molar-refractivity contribution in [3.05, 3.63) is 34.3 Å². The summed E-state index contributed by atoms with van der Waals surface area (Å²) in [5.74, 6) is -1.43. The molecule has 1 aromatic rings. The number of nitrogens with one attached hydrogen (secondary N) is 1. The van der Waals surface area contributed by atoms with Crippen LogP contribution in [0.1, 0.15) is 42.6 Å². The maximum absolute atomic E-state index is 12.2. The zero-order valence-corrected chi connectivity index (χ0v) is 12.0. The quantitative estimate of drug-likeness (QED) is 0.873. The van der Waals surface area contributed by atoms with Crippen molar-refractivity contribution >= 4 is 23.5 Å². The fourth-order valence-corrected chi connectivity index (χ4v) is 2.15. The Balaban J connectivity index is 2.97. The van der Waals surface area contributed by atoms with Crippen molar-refractivity contribution in [1.29, 1.82) is 0 Å². The van der Waals surface area contributed by atoms with Crippen molar-refractivity contribution in [1.82, 2.24) is 5.32 Å². The Morgan fingerprint density at radius 3 is 2.53 bits per heavy atom. The standard InChI is InChI=1S/C14H18ClNO3/c1-4-7-14(3,13(18)19)16-12(17)11-6-5-10(15)8-9(11)2/h5-6,8H,4,7H2,1-3H3,(H,16,17)(H,18,19). The number of rotatable bonds is 5. The van der Waals surface area contributed by atoms with Gasteiger partial charge in [-0.2, -0.15) is 0 Å². The van der Waals surface area contributed by atoms with E-state index >= 15 is 0 Å². The molecule has 0 aliphatic heterocycles. The van der Waals surface area contributed by atoms with Crippen molar-refractivity contribution in [2.75, 3.05) is 0 Å². The van der Waals surface area contributed by atoms with Crippen LogP contribution < -0.4 is 5.32 Å². The molecular formula is C14H18ClNO3. The lowest BCUT2D eigenvalue weighted by atomic mass is 9.95. The van der Waals surface area contributed by atoms with E-state index in [1.54, 1.807) is 25.1 Å². The summed E-state index contributed by atoms with van der Waals surface area (Å²) in [6, 6.07) is 4.89. The topological polar surface area (TPSA) is 66.4 Å². The summed E-state index contributed by atoms with van der Waals surface area (Å²) in [5.41, 5.74) is -0.0972. The van der Waals surface area contributed by atoms with Gasteiger partial charge in [0.25, 0.3) is 5.91 Å².